The Morgan fingerprint density at radius 3 is 1.74 bits per heavy atom. The number of ether oxygens (including phenoxy) is 1. The van der Waals surface area contributed by atoms with Gasteiger partial charge in [-0.3, -0.25) is 0 Å². The van der Waals surface area contributed by atoms with Crippen molar-refractivity contribution in [3.63, 3.8) is 0 Å². The van der Waals surface area contributed by atoms with Gasteiger partial charge in [0.1, 0.15) is 17.2 Å². The highest BCUT2D eigenvalue weighted by molar-refractivity contribution is 5.83. The molecule has 0 atom stereocenters. The maximum Gasteiger partial charge on any atom is 0.171 e. The zero-order valence-electron chi connectivity index (χ0n) is 21.0. The maximum absolute atomic E-state index is 10.5. The number of hydrogen-bond acceptors (Lipinski definition) is 5. The van der Waals surface area contributed by atoms with E-state index in [-0.39, 0.29) is 17.2 Å². The summed E-state index contributed by atoms with van der Waals surface area (Å²) in [6.07, 6.45) is 0. The zero-order valence-corrected chi connectivity index (χ0v) is 21.0. The summed E-state index contributed by atoms with van der Waals surface area (Å²) in [5.74, 6) is 1.38. The fourth-order valence-electron chi connectivity index (χ4n) is 4.39. The van der Waals surface area contributed by atoms with Crippen LogP contribution in [0, 0.1) is 41.5 Å². The minimum absolute atomic E-state index is 0.0867. The summed E-state index contributed by atoms with van der Waals surface area (Å²) in [6.45, 7) is 11.8. The van der Waals surface area contributed by atoms with Gasteiger partial charge in [-0.2, -0.15) is 0 Å². The van der Waals surface area contributed by atoms with E-state index in [0.717, 1.165) is 50.4 Å². The first kappa shape index (κ1) is 24.0. The molecule has 35 heavy (non-hydrogen) atoms. The molecule has 0 aromatic heterocycles. The lowest BCUT2D eigenvalue weighted by atomic mass is 10.0. The second kappa shape index (κ2) is 9.26. The smallest absolute Gasteiger partial charge is 0.171 e. The predicted octanol–water partition coefficient (Wildman–Crippen LogP) is 7.92. The topological polar surface area (TPSA) is 73.2 Å². The molecule has 0 unspecified atom stereocenters. The Hall–Kier alpha value is -4.12. The summed E-state index contributed by atoms with van der Waals surface area (Å²) in [5, 5.41) is 31.4. The lowest BCUT2D eigenvalue weighted by Gasteiger charge is -2.30. The van der Waals surface area contributed by atoms with Crippen molar-refractivity contribution < 1.29 is 20.1 Å². The minimum atomic E-state index is 0.0867. The first-order valence-corrected chi connectivity index (χ1v) is 11.5. The number of hydrogen-bond donors (Lipinski definition) is 3. The fraction of sp³-hybridized carbons (Fsp3) is 0.200. The number of nitrogens with zero attached hydrogens (tertiary/aromatic N) is 1. The number of phenols is 3. The minimum Gasteiger partial charge on any atom is -0.508 e. The van der Waals surface area contributed by atoms with Crippen LogP contribution in [0.15, 0.2) is 60.7 Å². The molecule has 5 nitrogen and oxygen atoms in total. The third-order valence-electron chi connectivity index (χ3n) is 6.43. The van der Waals surface area contributed by atoms with Crippen molar-refractivity contribution in [2.24, 2.45) is 0 Å². The standard InChI is InChI=1S/C30H31NO4/c1-17-10-20(4)30(29(34)11-17)35-26-9-7-8-23(14-26)31(27-15-24(32)12-18(2)21(27)5)28-16-25(33)13-19(3)22(28)6/h7-16,32-34H,1-6H3. The predicted molar refractivity (Wildman–Crippen MR) is 141 cm³/mol. The van der Waals surface area contributed by atoms with E-state index in [1.165, 1.54) is 0 Å². The molecule has 0 aliphatic rings. The van der Waals surface area contributed by atoms with Crippen molar-refractivity contribution in [3.8, 4) is 28.7 Å². The van der Waals surface area contributed by atoms with Gasteiger partial charge in [0.05, 0.1) is 11.4 Å². The molecule has 3 N–H and O–H groups in total. The molecule has 0 radical (unpaired) electrons. The molecular formula is C30H31NO4. The Morgan fingerprint density at radius 1 is 0.629 bits per heavy atom. The van der Waals surface area contributed by atoms with Crippen LogP contribution in [-0.4, -0.2) is 15.3 Å². The highest BCUT2D eigenvalue weighted by atomic mass is 16.5. The SMILES string of the molecule is Cc1cc(C)c(Oc2cccc(N(c3cc(O)cc(C)c3C)c3cc(O)cc(C)c3C)c2)c(O)c1. The molecule has 0 saturated heterocycles. The van der Waals surface area contributed by atoms with Crippen molar-refractivity contribution in [1.29, 1.82) is 0 Å². The molecule has 4 aromatic carbocycles. The van der Waals surface area contributed by atoms with Gasteiger partial charge in [-0.05, 0) is 105 Å². The summed E-state index contributed by atoms with van der Waals surface area (Å²) >= 11 is 0. The third-order valence-corrected chi connectivity index (χ3v) is 6.43. The quantitative estimate of drug-likeness (QED) is 0.277. The van der Waals surface area contributed by atoms with E-state index in [1.54, 1.807) is 30.3 Å². The van der Waals surface area contributed by atoms with Crippen LogP contribution in [0.5, 0.6) is 28.7 Å². The van der Waals surface area contributed by atoms with E-state index < -0.39 is 0 Å². The van der Waals surface area contributed by atoms with Crippen LogP contribution in [0.1, 0.15) is 33.4 Å². The van der Waals surface area contributed by atoms with Gasteiger partial charge in [-0.25, -0.2) is 0 Å². The van der Waals surface area contributed by atoms with E-state index in [2.05, 4.69) is 0 Å². The molecule has 0 aliphatic carbocycles. The Balaban J connectivity index is 1.91. The number of anilines is 3. The number of aryl methyl sites for hydroxylation is 4. The van der Waals surface area contributed by atoms with Gasteiger partial charge < -0.3 is 25.0 Å². The molecular weight excluding hydrogens is 438 g/mol. The lowest BCUT2D eigenvalue weighted by Crippen LogP contribution is -2.14. The second-order valence-corrected chi connectivity index (χ2v) is 9.18. The Labute approximate surface area is 206 Å². The highest BCUT2D eigenvalue weighted by Crippen LogP contribution is 2.44. The van der Waals surface area contributed by atoms with E-state index in [4.69, 9.17) is 4.74 Å². The summed E-state index contributed by atoms with van der Waals surface area (Å²) in [6, 6.07) is 18.1. The first-order valence-electron chi connectivity index (χ1n) is 11.5. The van der Waals surface area contributed by atoms with Gasteiger partial charge >= 0.3 is 0 Å². The van der Waals surface area contributed by atoms with Crippen LogP contribution >= 0.6 is 0 Å². The molecule has 4 aromatic rings. The van der Waals surface area contributed by atoms with Crippen LogP contribution in [0.4, 0.5) is 17.1 Å². The summed E-state index contributed by atoms with van der Waals surface area (Å²) < 4.78 is 6.14. The fourth-order valence-corrected chi connectivity index (χ4v) is 4.39. The third kappa shape index (κ3) is 4.76. The van der Waals surface area contributed by atoms with Gasteiger partial charge in [0.25, 0.3) is 0 Å². The molecule has 0 spiro atoms. The van der Waals surface area contributed by atoms with Crippen molar-refractivity contribution in [2.75, 3.05) is 4.90 Å². The van der Waals surface area contributed by atoms with E-state index in [1.807, 2.05) is 76.8 Å². The van der Waals surface area contributed by atoms with Crippen molar-refractivity contribution in [3.05, 3.63) is 94.0 Å². The first-order chi connectivity index (χ1) is 16.5. The number of rotatable bonds is 5. The zero-order chi connectivity index (χ0) is 25.4. The van der Waals surface area contributed by atoms with Crippen molar-refractivity contribution in [1.82, 2.24) is 0 Å². The van der Waals surface area contributed by atoms with Gasteiger partial charge in [0.15, 0.2) is 11.5 Å². The van der Waals surface area contributed by atoms with Crippen molar-refractivity contribution in [2.45, 2.75) is 41.5 Å². The van der Waals surface area contributed by atoms with Crippen molar-refractivity contribution >= 4 is 17.1 Å². The Bertz CT molecular complexity index is 1340. The normalized spacial score (nSPS) is 10.9. The van der Waals surface area contributed by atoms with Gasteiger partial charge in [0.2, 0.25) is 0 Å². The largest absolute Gasteiger partial charge is 0.508 e. The van der Waals surface area contributed by atoms with E-state index in [9.17, 15) is 15.3 Å². The van der Waals surface area contributed by atoms with Gasteiger partial charge in [0, 0.05) is 23.9 Å². The Morgan fingerprint density at radius 2 is 1.20 bits per heavy atom. The number of benzene rings is 4. The molecule has 0 saturated carbocycles. The molecule has 0 aliphatic heterocycles. The second-order valence-electron chi connectivity index (χ2n) is 9.18. The molecule has 4 rings (SSSR count). The van der Waals surface area contributed by atoms with Crippen LogP contribution in [0.25, 0.3) is 0 Å². The average Bonchev–Trinajstić information content (AvgIpc) is 2.77. The van der Waals surface area contributed by atoms with Gasteiger partial charge in [-0.1, -0.05) is 12.1 Å². The molecule has 180 valence electrons. The van der Waals surface area contributed by atoms with Crippen LogP contribution in [0.3, 0.4) is 0 Å². The van der Waals surface area contributed by atoms with Crippen LogP contribution in [0.2, 0.25) is 0 Å². The van der Waals surface area contributed by atoms with Crippen LogP contribution in [-0.2, 0) is 0 Å². The molecule has 5 heteroatoms. The molecule has 0 amide bonds. The highest BCUT2D eigenvalue weighted by Gasteiger charge is 2.21. The molecule has 0 fully saturated rings. The number of phenolic OH excluding ortho intramolecular Hbond substituents is 3. The Kier molecular flexibility index (Phi) is 6.35. The average molecular weight is 470 g/mol. The number of aromatic hydroxyl groups is 3. The van der Waals surface area contributed by atoms with Crippen LogP contribution < -0.4 is 9.64 Å². The summed E-state index contributed by atoms with van der Waals surface area (Å²) in [4.78, 5) is 2.01. The molecule has 0 heterocycles. The van der Waals surface area contributed by atoms with E-state index in [0.29, 0.717) is 11.5 Å². The molecule has 0 bridgehead atoms. The summed E-state index contributed by atoms with van der Waals surface area (Å²) in [5.41, 5.74) is 8.07. The lowest BCUT2D eigenvalue weighted by molar-refractivity contribution is 0.408. The van der Waals surface area contributed by atoms with Gasteiger partial charge in [-0.15, -0.1) is 0 Å². The maximum atomic E-state index is 10.5. The monoisotopic (exact) mass is 469 g/mol. The van der Waals surface area contributed by atoms with E-state index >= 15 is 0 Å². The summed E-state index contributed by atoms with van der Waals surface area (Å²) in [7, 11) is 0.